The Bertz CT molecular complexity index is 1440. The summed E-state index contributed by atoms with van der Waals surface area (Å²) in [6.07, 6.45) is 6.42. The molecule has 3 aromatic heterocycles. The van der Waals surface area contributed by atoms with Gasteiger partial charge in [0, 0.05) is 41.1 Å². The van der Waals surface area contributed by atoms with Crippen molar-refractivity contribution in [1.82, 2.24) is 24.3 Å². The predicted octanol–water partition coefficient (Wildman–Crippen LogP) is 4.55. The number of imidazole rings is 1. The zero-order valence-corrected chi connectivity index (χ0v) is 17.5. The molecule has 3 heterocycles. The second-order valence-electron chi connectivity index (χ2n) is 6.72. The average Bonchev–Trinajstić information content (AvgIpc) is 3.17. The number of para-hydroxylation sites is 2. The lowest BCUT2D eigenvalue weighted by Crippen LogP contribution is -2.06. The number of hydrogen-bond donors (Lipinski definition) is 1. The lowest BCUT2D eigenvalue weighted by molar-refractivity contribution is 0.103. The number of phenolic OH excluding ortho intramolecular Hbond substituents is 1. The largest absolute Gasteiger partial charge is 0.507 e. The maximum absolute atomic E-state index is 13.2. The van der Waals surface area contributed by atoms with Crippen molar-refractivity contribution in [2.45, 2.75) is 10.9 Å². The fourth-order valence-corrected chi connectivity index (χ4v) is 4.28. The van der Waals surface area contributed by atoms with E-state index >= 15 is 0 Å². The van der Waals surface area contributed by atoms with Gasteiger partial charge in [0.1, 0.15) is 5.75 Å². The van der Waals surface area contributed by atoms with Gasteiger partial charge in [-0.2, -0.15) is 0 Å². The maximum atomic E-state index is 13.2. The lowest BCUT2D eigenvalue weighted by Gasteiger charge is -2.10. The van der Waals surface area contributed by atoms with Gasteiger partial charge in [-0.25, -0.2) is 19.9 Å². The maximum Gasteiger partial charge on any atom is 0.234 e. The van der Waals surface area contributed by atoms with Crippen LogP contribution in [-0.2, 0) is 5.75 Å². The molecule has 0 bridgehead atoms. The Balaban J connectivity index is 1.51. The highest BCUT2D eigenvalue weighted by Gasteiger charge is 2.20. The van der Waals surface area contributed by atoms with Crippen LogP contribution in [0.4, 0.5) is 0 Å². The molecule has 5 aromatic rings. The Morgan fingerprint density at radius 3 is 2.74 bits per heavy atom. The van der Waals surface area contributed by atoms with Crippen LogP contribution in [0.5, 0.6) is 5.75 Å². The quantitative estimate of drug-likeness (QED) is 0.240. The van der Waals surface area contributed by atoms with Crippen LogP contribution >= 0.6 is 23.4 Å². The van der Waals surface area contributed by atoms with E-state index in [4.69, 9.17) is 11.6 Å². The molecule has 5 rings (SSSR count). The van der Waals surface area contributed by atoms with E-state index in [1.54, 1.807) is 35.1 Å². The zero-order valence-electron chi connectivity index (χ0n) is 15.9. The number of ketones is 1. The van der Waals surface area contributed by atoms with Gasteiger partial charge >= 0.3 is 0 Å². The van der Waals surface area contributed by atoms with Gasteiger partial charge in [-0.05, 0) is 30.3 Å². The molecule has 0 fully saturated rings. The minimum atomic E-state index is -0.380. The third-order valence-electron chi connectivity index (χ3n) is 4.72. The number of aromatic nitrogens is 5. The number of phenols is 1. The van der Waals surface area contributed by atoms with E-state index < -0.39 is 0 Å². The molecular weight excluding hydrogens is 434 g/mol. The molecule has 0 amide bonds. The van der Waals surface area contributed by atoms with Gasteiger partial charge in [-0.3, -0.25) is 9.20 Å². The minimum Gasteiger partial charge on any atom is -0.507 e. The summed E-state index contributed by atoms with van der Waals surface area (Å²) in [5.74, 6) is 0.357. The molecule has 0 unspecified atom stereocenters. The molecule has 0 aliphatic heterocycles. The molecule has 0 saturated carbocycles. The molecule has 31 heavy (non-hydrogen) atoms. The van der Waals surface area contributed by atoms with Crippen LogP contribution in [0.15, 0.2) is 72.4 Å². The first-order valence-corrected chi connectivity index (χ1v) is 10.7. The van der Waals surface area contributed by atoms with Gasteiger partial charge in [0.15, 0.2) is 10.9 Å². The third-order valence-corrected chi connectivity index (χ3v) is 5.87. The summed E-state index contributed by atoms with van der Waals surface area (Å²) in [6, 6.07) is 12.4. The molecule has 9 heteroatoms. The first-order chi connectivity index (χ1) is 15.1. The summed E-state index contributed by atoms with van der Waals surface area (Å²) < 4.78 is 1.76. The predicted molar refractivity (Wildman–Crippen MR) is 119 cm³/mol. The minimum absolute atomic E-state index is 0.114. The molecule has 0 aliphatic rings. The highest BCUT2D eigenvalue weighted by Crippen LogP contribution is 2.33. The first-order valence-electron chi connectivity index (χ1n) is 9.29. The molecule has 7 nitrogen and oxygen atoms in total. The number of fused-ring (bicyclic) bond motifs is 3. The Labute approximate surface area is 185 Å². The van der Waals surface area contributed by atoms with E-state index in [2.05, 4.69) is 19.9 Å². The second-order valence-corrected chi connectivity index (χ2v) is 8.10. The summed E-state index contributed by atoms with van der Waals surface area (Å²) in [5.41, 5.74) is 2.58. The molecule has 1 N–H and O–H groups in total. The molecule has 0 aliphatic carbocycles. The summed E-state index contributed by atoms with van der Waals surface area (Å²) in [5, 5.41) is 11.7. The molecule has 0 atom stereocenters. The summed E-state index contributed by atoms with van der Waals surface area (Å²) in [7, 11) is 0. The number of halogens is 1. The number of hydrogen-bond acceptors (Lipinski definition) is 7. The number of aromatic hydroxyl groups is 1. The van der Waals surface area contributed by atoms with Crippen LogP contribution in [-0.4, -0.2) is 35.2 Å². The molecular formula is C22H14ClN5O2S. The van der Waals surface area contributed by atoms with Crippen molar-refractivity contribution in [2.24, 2.45) is 0 Å². The van der Waals surface area contributed by atoms with Crippen LogP contribution in [0.3, 0.4) is 0 Å². The van der Waals surface area contributed by atoms with E-state index in [-0.39, 0.29) is 17.1 Å². The van der Waals surface area contributed by atoms with Gasteiger partial charge in [0.25, 0.3) is 0 Å². The van der Waals surface area contributed by atoms with Crippen molar-refractivity contribution in [1.29, 1.82) is 0 Å². The highest BCUT2D eigenvalue weighted by molar-refractivity contribution is 7.98. The Morgan fingerprint density at radius 1 is 1.10 bits per heavy atom. The highest BCUT2D eigenvalue weighted by atomic mass is 35.5. The SMILES string of the molecule is O=C(c1cnc2nc3ccccc3n2c1)c1cc(Cl)cc(CSc2ncccn2)c1O. The fourth-order valence-electron chi connectivity index (χ4n) is 3.26. The standard InChI is InChI=1S/C22H14ClN5O2S/c23-15-8-13(12-31-22-24-6-3-7-25-22)19(29)16(9-15)20(30)14-10-26-21-27-17-4-1-2-5-18(17)28(21)11-14/h1-11,29H,12H2. The third kappa shape index (κ3) is 3.71. The van der Waals surface area contributed by atoms with Gasteiger partial charge in [0.05, 0.1) is 22.2 Å². The van der Waals surface area contributed by atoms with Gasteiger partial charge < -0.3 is 5.11 Å². The van der Waals surface area contributed by atoms with Crippen LogP contribution in [0.2, 0.25) is 5.02 Å². The Hall–Kier alpha value is -3.49. The van der Waals surface area contributed by atoms with Crippen molar-refractivity contribution >= 4 is 46.0 Å². The number of thioether (sulfide) groups is 1. The second kappa shape index (κ2) is 7.98. The van der Waals surface area contributed by atoms with Gasteiger partial charge in [-0.15, -0.1) is 0 Å². The molecule has 152 valence electrons. The van der Waals surface area contributed by atoms with Crippen molar-refractivity contribution in [3.63, 3.8) is 0 Å². The summed E-state index contributed by atoms with van der Waals surface area (Å²) in [6.45, 7) is 0. The van der Waals surface area contributed by atoms with Crippen LogP contribution in [0.1, 0.15) is 21.5 Å². The van der Waals surface area contributed by atoms with E-state index in [0.717, 1.165) is 11.0 Å². The Kier molecular flexibility index (Phi) is 5.01. The smallest absolute Gasteiger partial charge is 0.234 e. The van der Waals surface area contributed by atoms with Crippen LogP contribution in [0, 0.1) is 0 Å². The van der Waals surface area contributed by atoms with E-state index in [0.29, 0.717) is 32.8 Å². The average molecular weight is 448 g/mol. The molecule has 0 radical (unpaired) electrons. The molecule has 0 spiro atoms. The normalized spacial score (nSPS) is 11.3. The fraction of sp³-hybridized carbons (Fsp3) is 0.0455. The van der Waals surface area contributed by atoms with Crippen molar-refractivity contribution in [3.8, 4) is 5.75 Å². The number of nitrogens with zero attached hydrogens (tertiary/aromatic N) is 5. The number of rotatable bonds is 5. The summed E-state index contributed by atoms with van der Waals surface area (Å²) in [4.78, 5) is 30.3. The van der Waals surface area contributed by atoms with Gasteiger partial charge in [0.2, 0.25) is 5.78 Å². The first kappa shape index (κ1) is 19.5. The van der Waals surface area contributed by atoms with E-state index in [1.165, 1.54) is 24.0 Å². The van der Waals surface area contributed by atoms with Crippen molar-refractivity contribution < 1.29 is 9.90 Å². The van der Waals surface area contributed by atoms with Crippen molar-refractivity contribution in [3.05, 3.63) is 89.0 Å². The monoisotopic (exact) mass is 447 g/mol. The Morgan fingerprint density at radius 2 is 1.90 bits per heavy atom. The molecule has 2 aromatic carbocycles. The number of benzene rings is 2. The van der Waals surface area contributed by atoms with Gasteiger partial charge in [-0.1, -0.05) is 35.5 Å². The zero-order chi connectivity index (χ0) is 21.4. The molecule has 0 saturated heterocycles. The van der Waals surface area contributed by atoms with Crippen LogP contribution < -0.4 is 0 Å². The number of carbonyl (C=O) groups excluding carboxylic acids is 1. The number of carbonyl (C=O) groups is 1. The van der Waals surface area contributed by atoms with Crippen molar-refractivity contribution in [2.75, 3.05) is 0 Å². The summed E-state index contributed by atoms with van der Waals surface area (Å²) >= 11 is 7.60. The lowest BCUT2D eigenvalue weighted by atomic mass is 10.0. The van der Waals surface area contributed by atoms with E-state index in [9.17, 15) is 9.90 Å². The van der Waals surface area contributed by atoms with E-state index in [1.807, 2.05) is 24.3 Å². The van der Waals surface area contributed by atoms with Crippen LogP contribution in [0.25, 0.3) is 16.8 Å². The topological polar surface area (TPSA) is 93.3 Å².